The van der Waals surface area contributed by atoms with Gasteiger partial charge in [0, 0.05) is 0 Å². The highest BCUT2D eigenvalue weighted by Crippen LogP contribution is 2.30. The highest BCUT2D eigenvalue weighted by Gasteiger charge is 2.42. The highest BCUT2D eigenvalue weighted by atomic mass is 16.6. The molecule has 1 rings (SSSR count). The monoisotopic (exact) mass is 298 g/mol. The van der Waals surface area contributed by atoms with Crippen LogP contribution in [0.4, 0.5) is 0 Å². The topological polar surface area (TPSA) is 101 Å². The zero-order valence-corrected chi connectivity index (χ0v) is 12.6. The number of hydrogen-bond donors (Lipinski definition) is 2. The minimum absolute atomic E-state index is 0.0749. The third-order valence-corrected chi connectivity index (χ3v) is 3.26. The average Bonchev–Trinajstić information content (AvgIpc) is 2.77. The van der Waals surface area contributed by atoms with E-state index in [9.17, 15) is 24.6 Å². The second-order valence-electron chi connectivity index (χ2n) is 6.25. The number of aliphatic carboxylic acids is 2. The van der Waals surface area contributed by atoms with E-state index >= 15 is 0 Å². The van der Waals surface area contributed by atoms with Crippen LogP contribution < -0.4 is 0 Å². The molecule has 0 saturated carbocycles. The number of ether oxygens (including phenoxy) is 1. The van der Waals surface area contributed by atoms with Crippen molar-refractivity contribution in [3.8, 4) is 0 Å². The van der Waals surface area contributed by atoms with Crippen LogP contribution in [-0.2, 0) is 19.1 Å². The number of carboxylic acids is 2. The van der Waals surface area contributed by atoms with E-state index in [1.54, 1.807) is 20.8 Å². The molecule has 0 aromatic rings. The third-order valence-electron chi connectivity index (χ3n) is 3.26. The van der Waals surface area contributed by atoms with Crippen LogP contribution in [0.15, 0.2) is 11.6 Å². The van der Waals surface area contributed by atoms with Gasteiger partial charge in [0.1, 0.15) is 5.60 Å². The van der Waals surface area contributed by atoms with Crippen LogP contribution in [0.25, 0.3) is 0 Å². The summed E-state index contributed by atoms with van der Waals surface area (Å²) in [5, 5.41) is 18.6. The van der Waals surface area contributed by atoms with Gasteiger partial charge in [0.05, 0.1) is 5.92 Å². The number of carboxylic acid groups (broad SMARTS) is 2. The largest absolute Gasteiger partial charge is 0.481 e. The number of rotatable bonds is 6. The summed E-state index contributed by atoms with van der Waals surface area (Å²) in [6, 6.07) is 0. The molecule has 0 heterocycles. The van der Waals surface area contributed by atoms with Gasteiger partial charge in [-0.25, -0.2) is 0 Å². The SMILES string of the molecule is CC(C)(C)OC(=O)[C@H](C(=O)O)[C@@H](CC1=CCCC1)C(=O)O. The van der Waals surface area contributed by atoms with Gasteiger partial charge in [-0.1, -0.05) is 11.6 Å². The highest BCUT2D eigenvalue weighted by molar-refractivity contribution is 5.98. The molecule has 6 nitrogen and oxygen atoms in total. The summed E-state index contributed by atoms with van der Waals surface area (Å²) in [5.74, 6) is -6.75. The lowest BCUT2D eigenvalue weighted by Crippen LogP contribution is -2.40. The molecule has 1 aliphatic carbocycles. The van der Waals surface area contributed by atoms with E-state index in [0.29, 0.717) is 0 Å². The Kier molecular flexibility index (Phi) is 5.52. The molecule has 0 amide bonds. The van der Waals surface area contributed by atoms with Crippen molar-refractivity contribution in [2.45, 2.75) is 52.1 Å². The lowest BCUT2D eigenvalue weighted by atomic mass is 9.86. The Hall–Kier alpha value is -1.85. The summed E-state index contributed by atoms with van der Waals surface area (Å²) < 4.78 is 5.05. The zero-order valence-electron chi connectivity index (χ0n) is 12.6. The summed E-state index contributed by atoms with van der Waals surface area (Å²) >= 11 is 0. The first-order valence-electron chi connectivity index (χ1n) is 6.98. The van der Waals surface area contributed by atoms with Crippen molar-refractivity contribution in [1.29, 1.82) is 0 Å². The van der Waals surface area contributed by atoms with Crippen LogP contribution in [0.5, 0.6) is 0 Å². The number of esters is 1. The standard InChI is InChI=1S/C15H22O6/c1-15(2,3)21-14(20)11(13(18)19)10(12(16)17)8-9-6-4-5-7-9/h6,10-11H,4-5,7-8H2,1-3H3,(H,16,17)(H,18,19)/t10-,11+/m1/s1. The minimum Gasteiger partial charge on any atom is -0.481 e. The van der Waals surface area contributed by atoms with Crippen molar-refractivity contribution in [1.82, 2.24) is 0 Å². The second-order valence-corrected chi connectivity index (χ2v) is 6.25. The van der Waals surface area contributed by atoms with Gasteiger partial charge in [-0.2, -0.15) is 0 Å². The Bertz CT molecular complexity index is 457. The first-order valence-corrected chi connectivity index (χ1v) is 6.98. The summed E-state index contributed by atoms with van der Waals surface area (Å²) in [5.41, 5.74) is 0.0395. The predicted octanol–water partition coefficient (Wildman–Crippen LogP) is 2.23. The molecular formula is C15H22O6. The van der Waals surface area contributed by atoms with E-state index in [1.165, 1.54) is 0 Å². The molecule has 0 aromatic heterocycles. The van der Waals surface area contributed by atoms with Gasteiger partial charge >= 0.3 is 17.9 Å². The van der Waals surface area contributed by atoms with E-state index in [-0.39, 0.29) is 6.42 Å². The van der Waals surface area contributed by atoms with Crippen LogP contribution >= 0.6 is 0 Å². The van der Waals surface area contributed by atoms with Crippen molar-refractivity contribution >= 4 is 17.9 Å². The maximum absolute atomic E-state index is 12.0. The molecule has 0 spiro atoms. The molecule has 6 heteroatoms. The molecule has 0 radical (unpaired) electrons. The lowest BCUT2D eigenvalue weighted by molar-refractivity contribution is -0.173. The maximum Gasteiger partial charge on any atom is 0.321 e. The number of carbonyl (C=O) groups is 3. The molecule has 0 saturated heterocycles. The van der Waals surface area contributed by atoms with E-state index in [2.05, 4.69) is 0 Å². The predicted molar refractivity (Wildman–Crippen MR) is 74.6 cm³/mol. The quantitative estimate of drug-likeness (QED) is 0.443. The van der Waals surface area contributed by atoms with Gasteiger partial charge in [-0.05, 0) is 46.5 Å². The van der Waals surface area contributed by atoms with Crippen molar-refractivity contribution in [3.05, 3.63) is 11.6 Å². The Balaban J connectivity index is 2.95. The molecular weight excluding hydrogens is 276 g/mol. The third kappa shape index (κ3) is 5.21. The fourth-order valence-corrected chi connectivity index (χ4v) is 2.36. The van der Waals surface area contributed by atoms with Gasteiger partial charge in [0.15, 0.2) is 5.92 Å². The van der Waals surface area contributed by atoms with Gasteiger partial charge in [0.2, 0.25) is 0 Å². The Morgan fingerprint density at radius 2 is 1.86 bits per heavy atom. The molecule has 0 aromatic carbocycles. The molecule has 0 bridgehead atoms. The van der Waals surface area contributed by atoms with Crippen LogP contribution in [-0.4, -0.2) is 33.7 Å². The van der Waals surface area contributed by atoms with Crippen molar-refractivity contribution in [2.75, 3.05) is 0 Å². The summed E-state index contributed by atoms with van der Waals surface area (Å²) in [6.07, 6.45) is 4.55. The molecule has 21 heavy (non-hydrogen) atoms. The molecule has 0 fully saturated rings. The fourth-order valence-electron chi connectivity index (χ4n) is 2.36. The van der Waals surface area contributed by atoms with E-state index in [0.717, 1.165) is 24.8 Å². The van der Waals surface area contributed by atoms with E-state index < -0.39 is 35.3 Å². The Labute approximate surface area is 123 Å². The number of allylic oxidation sites excluding steroid dienone is 2. The maximum atomic E-state index is 12.0. The van der Waals surface area contributed by atoms with Crippen molar-refractivity contribution in [3.63, 3.8) is 0 Å². The molecule has 0 unspecified atom stereocenters. The lowest BCUT2D eigenvalue weighted by Gasteiger charge is -2.25. The van der Waals surface area contributed by atoms with Crippen LogP contribution in [0.2, 0.25) is 0 Å². The molecule has 2 atom stereocenters. The summed E-state index contributed by atoms with van der Waals surface area (Å²) in [4.78, 5) is 34.8. The van der Waals surface area contributed by atoms with Crippen molar-refractivity contribution < 1.29 is 29.3 Å². The van der Waals surface area contributed by atoms with E-state index in [1.807, 2.05) is 6.08 Å². The molecule has 1 aliphatic rings. The van der Waals surface area contributed by atoms with E-state index in [4.69, 9.17) is 4.74 Å². The summed E-state index contributed by atoms with van der Waals surface area (Å²) in [6.45, 7) is 4.83. The Morgan fingerprint density at radius 1 is 1.24 bits per heavy atom. The van der Waals surface area contributed by atoms with Gasteiger partial charge in [0.25, 0.3) is 0 Å². The van der Waals surface area contributed by atoms with Crippen LogP contribution in [0, 0.1) is 11.8 Å². The number of hydrogen-bond acceptors (Lipinski definition) is 4. The molecule has 2 N–H and O–H groups in total. The van der Waals surface area contributed by atoms with Gasteiger partial charge < -0.3 is 14.9 Å². The fraction of sp³-hybridized carbons (Fsp3) is 0.667. The normalized spacial score (nSPS) is 17.8. The van der Waals surface area contributed by atoms with Crippen LogP contribution in [0.3, 0.4) is 0 Å². The average molecular weight is 298 g/mol. The zero-order chi connectivity index (χ0) is 16.2. The summed E-state index contributed by atoms with van der Waals surface area (Å²) in [7, 11) is 0. The molecule has 0 aliphatic heterocycles. The minimum atomic E-state index is -1.69. The van der Waals surface area contributed by atoms with Gasteiger partial charge in [-0.15, -0.1) is 0 Å². The second kappa shape index (κ2) is 6.74. The Morgan fingerprint density at radius 3 is 2.24 bits per heavy atom. The van der Waals surface area contributed by atoms with Crippen molar-refractivity contribution in [2.24, 2.45) is 11.8 Å². The van der Waals surface area contributed by atoms with Crippen LogP contribution in [0.1, 0.15) is 46.5 Å². The first-order chi connectivity index (χ1) is 9.61. The smallest absolute Gasteiger partial charge is 0.321 e. The van der Waals surface area contributed by atoms with Gasteiger partial charge in [-0.3, -0.25) is 14.4 Å². The first kappa shape index (κ1) is 17.2. The molecule has 118 valence electrons. The number of carbonyl (C=O) groups excluding carboxylic acids is 1.